The summed E-state index contributed by atoms with van der Waals surface area (Å²) in [4.78, 5) is 25.5. The molecule has 3 heteroatoms. The summed E-state index contributed by atoms with van der Waals surface area (Å²) < 4.78 is 5.46. The first kappa shape index (κ1) is 17.3. The molecule has 4 rings (SSSR count). The first-order chi connectivity index (χ1) is 11.7. The van der Waals surface area contributed by atoms with Gasteiger partial charge >= 0.3 is 5.97 Å². The van der Waals surface area contributed by atoms with Crippen molar-refractivity contribution in [3.05, 3.63) is 12.2 Å². The van der Waals surface area contributed by atoms with Crippen molar-refractivity contribution in [1.29, 1.82) is 0 Å². The first-order valence-electron chi connectivity index (χ1n) is 10.1. The van der Waals surface area contributed by atoms with Crippen LogP contribution in [0.5, 0.6) is 0 Å². The van der Waals surface area contributed by atoms with Crippen molar-refractivity contribution < 1.29 is 14.3 Å². The van der Waals surface area contributed by atoms with E-state index >= 15 is 0 Å². The summed E-state index contributed by atoms with van der Waals surface area (Å²) in [6, 6.07) is 0. The zero-order valence-corrected chi connectivity index (χ0v) is 16.2. The second-order valence-corrected chi connectivity index (χ2v) is 10.00. The highest BCUT2D eigenvalue weighted by Crippen LogP contribution is 2.72. The third kappa shape index (κ3) is 2.10. The SMILES string of the molecule is CCOC(=O)[C@]1(C)C=CC[C@@]2(C)[C@@H]3CC[C@@]4(C)C[C@]3(CC[C@@H]21)CC4=O. The molecule has 138 valence electrons. The van der Waals surface area contributed by atoms with Crippen LogP contribution < -0.4 is 0 Å². The van der Waals surface area contributed by atoms with Crippen molar-refractivity contribution in [2.45, 2.75) is 72.6 Å². The summed E-state index contributed by atoms with van der Waals surface area (Å²) >= 11 is 0. The number of hydrogen-bond donors (Lipinski definition) is 0. The Hall–Kier alpha value is -1.12. The van der Waals surface area contributed by atoms with Gasteiger partial charge in [0.1, 0.15) is 5.78 Å². The van der Waals surface area contributed by atoms with Crippen LogP contribution in [0.1, 0.15) is 72.6 Å². The second-order valence-electron chi connectivity index (χ2n) is 10.00. The lowest BCUT2D eigenvalue weighted by Crippen LogP contribution is -2.57. The Morgan fingerprint density at radius 1 is 1.20 bits per heavy atom. The van der Waals surface area contributed by atoms with Gasteiger partial charge in [0.2, 0.25) is 0 Å². The number of ether oxygens (including phenoxy) is 1. The van der Waals surface area contributed by atoms with E-state index in [1.165, 1.54) is 0 Å². The van der Waals surface area contributed by atoms with E-state index in [-0.39, 0.29) is 22.2 Å². The summed E-state index contributed by atoms with van der Waals surface area (Å²) in [5.41, 5.74) is -0.306. The molecule has 2 bridgehead atoms. The van der Waals surface area contributed by atoms with Crippen molar-refractivity contribution in [3.8, 4) is 0 Å². The van der Waals surface area contributed by atoms with E-state index in [2.05, 4.69) is 32.9 Å². The number of Topliss-reactive ketones (excluding diaryl/α,β-unsaturated/α-hetero) is 1. The number of esters is 1. The molecule has 25 heavy (non-hydrogen) atoms. The molecular formula is C22H32O3. The fraction of sp³-hybridized carbons (Fsp3) is 0.818. The fourth-order valence-electron chi connectivity index (χ4n) is 7.54. The van der Waals surface area contributed by atoms with Gasteiger partial charge in [-0.2, -0.15) is 0 Å². The van der Waals surface area contributed by atoms with Crippen molar-refractivity contribution >= 4 is 11.8 Å². The van der Waals surface area contributed by atoms with Crippen LogP contribution in [0.2, 0.25) is 0 Å². The van der Waals surface area contributed by atoms with Crippen molar-refractivity contribution in [3.63, 3.8) is 0 Å². The van der Waals surface area contributed by atoms with Crippen LogP contribution in [-0.4, -0.2) is 18.4 Å². The van der Waals surface area contributed by atoms with Crippen LogP contribution in [0.25, 0.3) is 0 Å². The molecule has 0 amide bonds. The van der Waals surface area contributed by atoms with Gasteiger partial charge < -0.3 is 4.74 Å². The Bertz CT molecular complexity index is 652. The summed E-state index contributed by atoms with van der Waals surface area (Å²) in [5, 5.41) is 0. The molecule has 0 aliphatic heterocycles. The summed E-state index contributed by atoms with van der Waals surface area (Å²) in [6.45, 7) is 8.99. The van der Waals surface area contributed by atoms with Gasteiger partial charge in [-0.1, -0.05) is 26.0 Å². The Kier molecular flexibility index (Phi) is 3.60. The third-order valence-electron chi connectivity index (χ3n) is 8.64. The number of allylic oxidation sites excluding steroid dienone is 1. The van der Waals surface area contributed by atoms with Gasteiger partial charge in [0, 0.05) is 11.8 Å². The lowest BCUT2D eigenvalue weighted by Gasteiger charge is -2.62. The van der Waals surface area contributed by atoms with Gasteiger partial charge in [-0.05, 0) is 75.0 Å². The quantitative estimate of drug-likeness (QED) is 0.539. The Morgan fingerprint density at radius 3 is 2.64 bits per heavy atom. The van der Waals surface area contributed by atoms with Gasteiger partial charge in [-0.3, -0.25) is 9.59 Å². The van der Waals surface area contributed by atoms with E-state index in [1.54, 1.807) is 0 Å². The maximum absolute atomic E-state index is 12.8. The molecule has 0 aromatic carbocycles. The summed E-state index contributed by atoms with van der Waals surface area (Å²) in [6.07, 6.45) is 11.5. The predicted octanol–water partition coefficient (Wildman–Crippen LogP) is 4.70. The molecule has 0 aromatic rings. The monoisotopic (exact) mass is 344 g/mol. The van der Waals surface area contributed by atoms with Gasteiger partial charge in [-0.25, -0.2) is 0 Å². The van der Waals surface area contributed by atoms with Crippen molar-refractivity contribution in [2.24, 2.45) is 33.5 Å². The van der Waals surface area contributed by atoms with Crippen LogP contribution in [0.4, 0.5) is 0 Å². The molecule has 0 unspecified atom stereocenters. The zero-order chi connectivity index (χ0) is 18.1. The summed E-state index contributed by atoms with van der Waals surface area (Å²) in [5.74, 6) is 1.30. The first-order valence-corrected chi connectivity index (χ1v) is 10.1. The topological polar surface area (TPSA) is 43.4 Å². The predicted molar refractivity (Wildman–Crippen MR) is 96.8 cm³/mol. The molecule has 6 atom stereocenters. The maximum atomic E-state index is 12.8. The van der Waals surface area contributed by atoms with Crippen LogP contribution in [0.15, 0.2) is 12.2 Å². The van der Waals surface area contributed by atoms with E-state index in [4.69, 9.17) is 4.74 Å². The van der Waals surface area contributed by atoms with E-state index < -0.39 is 5.41 Å². The lowest BCUT2D eigenvalue weighted by atomic mass is 9.41. The molecule has 4 aliphatic rings. The Morgan fingerprint density at radius 2 is 1.92 bits per heavy atom. The van der Waals surface area contributed by atoms with Gasteiger partial charge in [0.15, 0.2) is 0 Å². The minimum absolute atomic E-state index is 0.0683. The number of rotatable bonds is 2. The molecule has 3 fully saturated rings. The highest BCUT2D eigenvalue weighted by molar-refractivity contribution is 5.88. The van der Waals surface area contributed by atoms with Gasteiger partial charge in [0.25, 0.3) is 0 Å². The molecule has 0 N–H and O–H groups in total. The Labute approximate surface area is 151 Å². The molecule has 3 saturated carbocycles. The number of fused-ring (bicyclic) bond motifs is 3. The smallest absolute Gasteiger partial charge is 0.315 e. The zero-order valence-electron chi connectivity index (χ0n) is 16.2. The number of hydrogen-bond acceptors (Lipinski definition) is 3. The van der Waals surface area contributed by atoms with Crippen molar-refractivity contribution in [2.75, 3.05) is 6.61 Å². The van der Waals surface area contributed by atoms with Crippen LogP contribution >= 0.6 is 0 Å². The van der Waals surface area contributed by atoms with E-state index in [9.17, 15) is 9.59 Å². The average molecular weight is 344 g/mol. The fourth-order valence-corrected chi connectivity index (χ4v) is 7.54. The second kappa shape index (κ2) is 5.20. The standard InChI is InChI=1S/C22H32O3/c1-5-25-18(24)21(4)10-6-9-20(3)15(21)8-12-22-13-17(23)19(2,14-22)11-7-16(20)22/h6,10,15-16H,5,7-9,11-14H2,1-4H3/t15-,16-,19-,20+,21+,22-/m0/s1. The molecular weight excluding hydrogens is 312 g/mol. The molecule has 0 radical (unpaired) electrons. The molecule has 0 saturated heterocycles. The highest BCUT2D eigenvalue weighted by Gasteiger charge is 2.67. The van der Waals surface area contributed by atoms with Gasteiger partial charge in [0.05, 0.1) is 12.0 Å². The highest BCUT2D eigenvalue weighted by atomic mass is 16.5. The van der Waals surface area contributed by atoms with Crippen LogP contribution in [0.3, 0.4) is 0 Å². The van der Waals surface area contributed by atoms with Crippen LogP contribution in [-0.2, 0) is 14.3 Å². The number of carbonyl (C=O) groups is 2. The molecule has 4 aliphatic carbocycles. The van der Waals surface area contributed by atoms with E-state index in [0.29, 0.717) is 24.2 Å². The molecule has 0 heterocycles. The Balaban J connectivity index is 1.73. The molecule has 0 aromatic heterocycles. The maximum Gasteiger partial charge on any atom is 0.315 e. The molecule has 3 nitrogen and oxygen atoms in total. The largest absolute Gasteiger partial charge is 0.465 e. The van der Waals surface area contributed by atoms with E-state index in [0.717, 1.165) is 44.9 Å². The minimum atomic E-state index is -0.520. The number of ketones is 1. The van der Waals surface area contributed by atoms with E-state index in [1.807, 2.05) is 6.92 Å². The molecule has 1 spiro atoms. The minimum Gasteiger partial charge on any atom is -0.465 e. The lowest BCUT2D eigenvalue weighted by molar-refractivity contribution is -0.171. The van der Waals surface area contributed by atoms with Crippen LogP contribution in [0, 0.1) is 33.5 Å². The summed E-state index contributed by atoms with van der Waals surface area (Å²) in [7, 11) is 0. The van der Waals surface area contributed by atoms with Crippen molar-refractivity contribution in [1.82, 2.24) is 0 Å². The third-order valence-corrected chi connectivity index (χ3v) is 8.64. The normalized spacial score (nSPS) is 51.0. The number of carbonyl (C=O) groups excluding carboxylic acids is 2. The average Bonchev–Trinajstić information content (AvgIpc) is 2.72. The van der Waals surface area contributed by atoms with Gasteiger partial charge in [-0.15, -0.1) is 0 Å².